The minimum atomic E-state index is 0.643. The molecule has 2 rings (SSSR count). The fraction of sp³-hybridized carbons (Fsp3) is 0.429. The first-order valence-corrected chi connectivity index (χ1v) is 7.44. The second kappa shape index (κ2) is 7.31. The van der Waals surface area contributed by atoms with E-state index < -0.39 is 0 Å². The number of rotatable bonds is 6. The number of aryl methyl sites for hydroxylation is 1. The average molecular weight is 289 g/mol. The molecular formula is C14H19N5S. The predicted molar refractivity (Wildman–Crippen MR) is 79.5 cm³/mol. The highest BCUT2D eigenvalue weighted by molar-refractivity contribution is 7.99. The molecule has 20 heavy (non-hydrogen) atoms. The first-order chi connectivity index (χ1) is 9.63. The molecule has 0 radical (unpaired) electrons. The van der Waals surface area contributed by atoms with Crippen LogP contribution in [0.25, 0.3) is 0 Å². The van der Waals surface area contributed by atoms with Crippen LogP contribution in [0.1, 0.15) is 25.1 Å². The van der Waals surface area contributed by atoms with E-state index in [4.69, 9.17) is 0 Å². The van der Waals surface area contributed by atoms with E-state index in [1.165, 1.54) is 11.8 Å². The summed E-state index contributed by atoms with van der Waals surface area (Å²) in [7, 11) is 0. The van der Waals surface area contributed by atoms with Gasteiger partial charge in [-0.3, -0.25) is 0 Å². The van der Waals surface area contributed by atoms with E-state index >= 15 is 0 Å². The van der Waals surface area contributed by atoms with Gasteiger partial charge in [0.2, 0.25) is 0 Å². The number of aromatic nitrogens is 4. The van der Waals surface area contributed by atoms with Gasteiger partial charge < -0.3 is 5.32 Å². The average Bonchev–Trinajstić information content (AvgIpc) is 2.40. The fourth-order valence-corrected chi connectivity index (χ4v) is 2.23. The Balaban J connectivity index is 1.91. The first-order valence-electron chi connectivity index (χ1n) is 6.62. The lowest BCUT2D eigenvalue weighted by atomic mass is 10.2. The maximum Gasteiger partial charge on any atom is 0.195 e. The molecule has 2 heterocycles. The molecule has 0 aliphatic rings. The molecule has 6 heteroatoms. The molecule has 1 N–H and O–H groups in total. The summed E-state index contributed by atoms with van der Waals surface area (Å²) in [5.74, 6) is 0.643. The van der Waals surface area contributed by atoms with Gasteiger partial charge in [-0.1, -0.05) is 13.8 Å². The van der Waals surface area contributed by atoms with Gasteiger partial charge in [-0.2, -0.15) is 0 Å². The van der Waals surface area contributed by atoms with Crippen LogP contribution >= 0.6 is 11.8 Å². The second-order valence-electron chi connectivity index (χ2n) is 4.98. The first kappa shape index (κ1) is 14.9. The van der Waals surface area contributed by atoms with Gasteiger partial charge in [-0.15, -0.1) is 0 Å². The summed E-state index contributed by atoms with van der Waals surface area (Å²) in [6, 6.07) is 1.87. The molecule has 0 spiro atoms. The Labute approximate surface area is 123 Å². The molecule has 2 aromatic rings. The van der Waals surface area contributed by atoms with Crippen molar-refractivity contribution in [2.45, 2.75) is 37.6 Å². The lowest BCUT2D eigenvalue weighted by molar-refractivity contribution is 0.550. The molecule has 0 bridgehead atoms. The topological polar surface area (TPSA) is 63.6 Å². The molecule has 0 atom stereocenters. The van der Waals surface area contributed by atoms with Gasteiger partial charge in [0.15, 0.2) is 10.3 Å². The van der Waals surface area contributed by atoms with Crippen LogP contribution in [0.15, 0.2) is 35.0 Å². The van der Waals surface area contributed by atoms with Crippen LogP contribution in [0.4, 0.5) is 0 Å². The van der Waals surface area contributed by atoms with Gasteiger partial charge in [-0.05, 0) is 37.2 Å². The maximum absolute atomic E-state index is 4.33. The summed E-state index contributed by atoms with van der Waals surface area (Å²) in [6.45, 7) is 8.10. The van der Waals surface area contributed by atoms with Crippen molar-refractivity contribution >= 4 is 11.8 Å². The van der Waals surface area contributed by atoms with E-state index in [-0.39, 0.29) is 0 Å². The summed E-state index contributed by atoms with van der Waals surface area (Å²) in [5, 5.41) is 4.71. The Morgan fingerprint density at radius 2 is 1.90 bits per heavy atom. The van der Waals surface area contributed by atoms with Crippen LogP contribution in [-0.2, 0) is 6.54 Å². The monoisotopic (exact) mass is 289 g/mol. The van der Waals surface area contributed by atoms with Gasteiger partial charge in [0.05, 0.1) is 0 Å². The minimum absolute atomic E-state index is 0.643. The van der Waals surface area contributed by atoms with Crippen LogP contribution in [0.5, 0.6) is 0 Å². The van der Waals surface area contributed by atoms with E-state index in [1.54, 1.807) is 6.20 Å². The van der Waals surface area contributed by atoms with E-state index in [2.05, 4.69) is 39.1 Å². The number of hydrogen-bond donors (Lipinski definition) is 1. The standard InChI is InChI=1S/C14H19N5S/c1-10(2)6-15-7-12-8-17-13(18-9-12)20-14-16-5-4-11(3)19-14/h4-5,8-10,15H,6-7H2,1-3H3. The number of nitrogens with one attached hydrogen (secondary N) is 1. The molecule has 106 valence electrons. The van der Waals surface area contributed by atoms with E-state index in [1.807, 2.05) is 25.4 Å². The molecule has 0 aromatic carbocycles. The van der Waals surface area contributed by atoms with Crippen molar-refractivity contribution in [3.63, 3.8) is 0 Å². The largest absolute Gasteiger partial charge is 0.312 e. The molecule has 0 amide bonds. The zero-order chi connectivity index (χ0) is 14.4. The summed E-state index contributed by atoms with van der Waals surface area (Å²) < 4.78 is 0. The number of nitrogens with zero attached hydrogens (tertiary/aromatic N) is 4. The summed E-state index contributed by atoms with van der Waals surface area (Å²) in [4.78, 5) is 17.2. The Kier molecular flexibility index (Phi) is 5.43. The smallest absolute Gasteiger partial charge is 0.195 e. The maximum atomic E-state index is 4.33. The van der Waals surface area contributed by atoms with Crippen molar-refractivity contribution in [1.29, 1.82) is 0 Å². The molecular weight excluding hydrogens is 270 g/mol. The van der Waals surface area contributed by atoms with Crippen molar-refractivity contribution in [1.82, 2.24) is 25.3 Å². The van der Waals surface area contributed by atoms with Crippen LogP contribution in [0.3, 0.4) is 0 Å². The normalized spacial score (nSPS) is 11.0. The molecule has 0 saturated carbocycles. The highest BCUT2D eigenvalue weighted by Crippen LogP contribution is 2.19. The van der Waals surface area contributed by atoms with Gasteiger partial charge in [0, 0.05) is 36.4 Å². The Hall–Kier alpha value is -1.53. The summed E-state index contributed by atoms with van der Waals surface area (Å²) in [5.41, 5.74) is 2.03. The van der Waals surface area contributed by atoms with Crippen molar-refractivity contribution in [3.8, 4) is 0 Å². The van der Waals surface area contributed by atoms with E-state index in [0.29, 0.717) is 16.2 Å². The molecule has 0 unspecified atom stereocenters. The van der Waals surface area contributed by atoms with Gasteiger partial charge in [0.25, 0.3) is 0 Å². The van der Waals surface area contributed by atoms with Crippen molar-refractivity contribution in [2.24, 2.45) is 5.92 Å². The third-order valence-electron chi connectivity index (χ3n) is 2.52. The lowest BCUT2D eigenvalue weighted by Gasteiger charge is -2.07. The van der Waals surface area contributed by atoms with Crippen LogP contribution in [0, 0.1) is 12.8 Å². The predicted octanol–water partition coefficient (Wildman–Crippen LogP) is 2.47. The highest BCUT2D eigenvalue weighted by Gasteiger charge is 2.04. The van der Waals surface area contributed by atoms with Crippen LogP contribution in [-0.4, -0.2) is 26.5 Å². The van der Waals surface area contributed by atoms with Crippen LogP contribution < -0.4 is 5.32 Å². The Morgan fingerprint density at radius 3 is 2.55 bits per heavy atom. The van der Waals surface area contributed by atoms with Crippen molar-refractivity contribution < 1.29 is 0 Å². The van der Waals surface area contributed by atoms with Crippen molar-refractivity contribution in [3.05, 3.63) is 35.9 Å². The van der Waals surface area contributed by atoms with Gasteiger partial charge in [0.1, 0.15) is 0 Å². The fourth-order valence-electron chi connectivity index (χ4n) is 1.55. The second-order valence-corrected chi connectivity index (χ2v) is 5.92. The van der Waals surface area contributed by atoms with E-state index in [9.17, 15) is 0 Å². The molecule has 0 saturated heterocycles. The third-order valence-corrected chi connectivity index (χ3v) is 3.29. The van der Waals surface area contributed by atoms with E-state index in [0.717, 1.165) is 24.3 Å². The third kappa shape index (κ3) is 4.86. The van der Waals surface area contributed by atoms with Crippen LogP contribution in [0.2, 0.25) is 0 Å². The Morgan fingerprint density at radius 1 is 1.15 bits per heavy atom. The lowest BCUT2D eigenvalue weighted by Crippen LogP contribution is -2.19. The minimum Gasteiger partial charge on any atom is -0.312 e. The van der Waals surface area contributed by atoms with Gasteiger partial charge in [-0.25, -0.2) is 19.9 Å². The van der Waals surface area contributed by atoms with Gasteiger partial charge >= 0.3 is 0 Å². The molecule has 5 nitrogen and oxygen atoms in total. The highest BCUT2D eigenvalue weighted by atomic mass is 32.2. The summed E-state index contributed by atoms with van der Waals surface area (Å²) >= 11 is 1.37. The zero-order valence-electron chi connectivity index (χ0n) is 12.0. The quantitative estimate of drug-likeness (QED) is 0.824. The molecule has 2 aromatic heterocycles. The summed E-state index contributed by atoms with van der Waals surface area (Å²) in [6.07, 6.45) is 5.44. The SMILES string of the molecule is Cc1ccnc(Sc2ncc(CNCC(C)C)cn2)n1. The zero-order valence-corrected chi connectivity index (χ0v) is 12.8. The number of hydrogen-bond acceptors (Lipinski definition) is 6. The molecule has 0 aliphatic heterocycles. The molecule has 0 aliphatic carbocycles. The Bertz CT molecular complexity index is 542. The van der Waals surface area contributed by atoms with Crippen molar-refractivity contribution in [2.75, 3.05) is 6.54 Å². The molecule has 0 fully saturated rings.